The number of carbonyl (C=O) groups excluding carboxylic acids is 1. The predicted octanol–water partition coefficient (Wildman–Crippen LogP) is 5.95. The van der Waals surface area contributed by atoms with Gasteiger partial charge in [-0.2, -0.15) is 13.2 Å². The molecule has 6 nitrogen and oxygen atoms in total. The summed E-state index contributed by atoms with van der Waals surface area (Å²) in [6, 6.07) is 12.2. The van der Waals surface area contributed by atoms with Gasteiger partial charge < -0.3 is 14.6 Å². The van der Waals surface area contributed by atoms with Crippen molar-refractivity contribution in [2.24, 2.45) is 0 Å². The number of hydrogen-bond acceptors (Lipinski definition) is 5. The standard InChI is InChI=1S/C21H20BrF3N4O2S/c1-3-29-19(13(2)31-15-10-8-14(22)9-11-15)27-28-20(29)32-12-18(30)26-17-7-5-4-6-16(17)21(23,24)25/h4-11,13H,3,12H2,1-2H3,(H,26,30). The highest BCUT2D eigenvalue weighted by Gasteiger charge is 2.33. The first-order chi connectivity index (χ1) is 15.2. The number of hydrogen-bond donors (Lipinski definition) is 1. The van der Waals surface area contributed by atoms with Crippen LogP contribution in [0.25, 0.3) is 0 Å². The van der Waals surface area contributed by atoms with Crippen LogP contribution in [0, 0.1) is 0 Å². The fourth-order valence-electron chi connectivity index (χ4n) is 2.93. The zero-order chi connectivity index (χ0) is 23.3. The molecule has 0 aliphatic carbocycles. The molecule has 2 aromatic carbocycles. The van der Waals surface area contributed by atoms with Crippen molar-refractivity contribution in [1.29, 1.82) is 0 Å². The third kappa shape index (κ3) is 6.04. The third-order valence-electron chi connectivity index (χ3n) is 4.39. The maximum Gasteiger partial charge on any atom is 0.418 e. The topological polar surface area (TPSA) is 69.0 Å². The number of ether oxygens (including phenoxy) is 1. The van der Waals surface area contributed by atoms with Gasteiger partial charge in [-0.1, -0.05) is 39.8 Å². The van der Waals surface area contributed by atoms with Crippen molar-refractivity contribution < 1.29 is 22.7 Å². The molecule has 1 unspecified atom stereocenters. The highest BCUT2D eigenvalue weighted by Crippen LogP contribution is 2.34. The van der Waals surface area contributed by atoms with E-state index in [9.17, 15) is 18.0 Å². The summed E-state index contributed by atoms with van der Waals surface area (Å²) < 4.78 is 48.0. The minimum absolute atomic E-state index is 0.119. The van der Waals surface area contributed by atoms with Gasteiger partial charge in [0, 0.05) is 11.0 Å². The largest absolute Gasteiger partial charge is 0.483 e. The lowest BCUT2D eigenvalue weighted by molar-refractivity contribution is -0.137. The van der Waals surface area contributed by atoms with Gasteiger partial charge in [-0.25, -0.2) is 0 Å². The predicted molar refractivity (Wildman–Crippen MR) is 120 cm³/mol. The molecule has 0 saturated heterocycles. The van der Waals surface area contributed by atoms with Crippen LogP contribution in [-0.4, -0.2) is 26.4 Å². The summed E-state index contributed by atoms with van der Waals surface area (Å²) in [5.74, 6) is 0.564. The number of aromatic nitrogens is 3. The Bertz CT molecular complexity index is 1070. The van der Waals surface area contributed by atoms with Gasteiger partial charge in [0.05, 0.1) is 17.0 Å². The summed E-state index contributed by atoms with van der Waals surface area (Å²) in [4.78, 5) is 12.3. The van der Waals surface area contributed by atoms with Crippen LogP contribution in [-0.2, 0) is 17.5 Å². The Labute approximate surface area is 195 Å². The lowest BCUT2D eigenvalue weighted by Crippen LogP contribution is -2.18. The van der Waals surface area contributed by atoms with Crippen molar-refractivity contribution in [2.45, 2.75) is 37.8 Å². The van der Waals surface area contributed by atoms with Gasteiger partial charge in [-0.05, 0) is 50.2 Å². The summed E-state index contributed by atoms with van der Waals surface area (Å²) in [5, 5.41) is 11.1. The number of alkyl halides is 3. The summed E-state index contributed by atoms with van der Waals surface area (Å²) in [5.41, 5.74) is -1.17. The summed E-state index contributed by atoms with van der Waals surface area (Å²) in [7, 11) is 0. The highest BCUT2D eigenvalue weighted by atomic mass is 79.9. The van der Waals surface area contributed by atoms with Crippen molar-refractivity contribution in [2.75, 3.05) is 11.1 Å². The number of anilines is 1. The van der Waals surface area contributed by atoms with Crippen LogP contribution in [0.5, 0.6) is 5.75 Å². The number of carbonyl (C=O) groups is 1. The summed E-state index contributed by atoms with van der Waals surface area (Å²) in [6.07, 6.45) is -4.95. The van der Waals surface area contributed by atoms with Crippen LogP contribution >= 0.6 is 27.7 Å². The molecule has 11 heteroatoms. The fourth-order valence-corrected chi connectivity index (χ4v) is 4.00. The molecule has 170 valence electrons. The van der Waals surface area contributed by atoms with E-state index < -0.39 is 23.8 Å². The van der Waals surface area contributed by atoms with E-state index in [1.807, 2.05) is 42.7 Å². The quantitative estimate of drug-likeness (QED) is 0.366. The molecule has 1 amide bonds. The number of benzene rings is 2. The molecular formula is C21H20BrF3N4O2S. The van der Waals surface area contributed by atoms with Gasteiger partial charge >= 0.3 is 6.18 Å². The lowest BCUT2D eigenvalue weighted by atomic mass is 10.1. The SMILES string of the molecule is CCn1c(SCC(=O)Nc2ccccc2C(F)(F)F)nnc1C(C)Oc1ccc(Br)cc1. The van der Waals surface area contributed by atoms with E-state index in [4.69, 9.17) is 4.74 Å². The van der Waals surface area contributed by atoms with Crippen molar-refractivity contribution in [3.05, 3.63) is 64.4 Å². The number of nitrogens with zero attached hydrogens (tertiary/aromatic N) is 3. The number of nitrogens with one attached hydrogen (secondary N) is 1. The minimum Gasteiger partial charge on any atom is -0.483 e. The summed E-state index contributed by atoms with van der Waals surface area (Å²) >= 11 is 4.47. The van der Waals surface area contributed by atoms with Gasteiger partial charge in [0.2, 0.25) is 5.91 Å². The van der Waals surface area contributed by atoms with Crippen molar-refractivity contribution >= 4 is 39.3 Å². The van der Waals surface area contributed by atoms with Gasteiger partial charge in [0.15, 0.2) is 17.1 Å². The van der Waals surface area contributed by atoms with E-state index in [0.717, 1.165) is 22.3 Å². The maximum absolute atomic E-state index is 13.1. The number of amides is 1. The normalized spacial score (nSPS) is 12.4. The van der Waals surface area contributed by atoms with Gasteiger partial charge in [-0.3, -0.25) is 4.79 Å². The molecule has 1 atom stereocenters. The monoisotopic (exact) mass is 528 g/mol. The first-order valence-electron chi connectivity index (χ1n) is 9.63. The second kappa shape index (κ2) is 10.4. The average molecular weight is 529 g/mol. The molecule has 3 rings (SSSR count). The zero-order valence-electron chi connectivity index (χ0n) is 17.2. The molecule has 1 aromatic heterocycles. The summed E-state index contributed by atoms with van der Waals surface area (Å²) in [6.45, 7) is 4.29. The number of para-hydroxylation sites is 1. The van der Waals surface area contributed by atoms with Gasteiger partial charge in [0.1, 0.15) is 5.75 Å². The number of halogens is 4. The van der Waals surface area contributed by atoms with E-state index in [-0.39, 0.29) is 11.4 Å². The zero-order valence-corrected chi connectivity index (χ0v) is 19.6. The molecule has 0 spiro atoms. The molecule has 0 aliphatic heterocycles. The molecule has 1 N–H and O–H groups in total. The Morgan fingerprint density at radius 2 is 1.88 bits per heavy atom. The highest BCUT2D eigenvalue weighted by molar-refractivity contribution is 9.10. The Hall–Kier alpha value is -2.53. The molecule has 0 aliphatic rings. The van der Waals surface area contributed by atoms with Crippen LogP contribution in [0.1, 0.15) is 31.3 Å². The first-order valence-corrected chi connectivity index (χ1v) is 11.4. The smallest absolute Gasteiger partial charge is 0.418 e. The van der Waals surface area contributed by atoms with Crippen LogP contribution in [0.4, 0.5) is 18.9 Å². The number of rotatable bonds is 8. The average Bonchev–Trinajstić information content (AvgIpc) is 3.16. The molecule has 1 heterocycles. The van der Waals surface area contributed by atoms with Crippen LogP contribution < -0.4 is 10.1 Å². The second-order valence-corrected chi connectivity index (χ2v) is 8.54. The lowest BCUT2D eigenvalue weighted by Gasteiger charge is -2.16. The molecule has 0 fully saturated rings. The van der Waals surface area contributed by atoms with Crippen molar-refractivity contribution in [1.82, 2.24) is 14.8 Å². The Morgan fingerprint density at radius 3 is 2.53 bits per heavy atom. The van der Waals surface area contributed by atoms with E-state index in [1.165, 1.54) is 18.2 Å². The van der Waals surface area contributed by atoms with Crippen LogP contribution in [0.3, 0.4) is 0 Å². The molecular weight excluding hydrogens is 509 g/mol. The van der Waals surface area contributed by atoms with E-state index in [1.54, 1.807) is 0 Å². The number of thioether (sulfide) groups is 1. The minimum atomic E-state index is -4.56. The van der Waals surface area contributed by atoms with Crippen molar-refractivity contribution in [3.63, 3.8) is 0 Å². The van der Waals surface area contributed by atoms with E-state index >= 15 is 0 Å². The van der Waals surface area contributed by atoms with E-state index in [2.05, 4.69) is 31.4 Å². The Balaban J connectivity index is 1.65. The third-order valence-corrected chi connectivity index (χ3v) is 5.89. The Morgan fingerprint density at radius 1 is 1.19 bits per heavy atom. The molecule has 0 bridgehead atoms. The maximum atomic E-state index is 13.1. The molecule has 3 aromatic rings. The van der Waals surface area contributed by atoms with Crippen LogP contribution in [0.2, 0.25) is 0 Å². The van der Waals surface area contributed by atoms with Gasteiger partial charge in [0.25, 0.3) is 0 Å². The van der Waals surface area contributed by atoms with Crippen LogP contribution in [0.15, 0.2) is 58.2 Å². The van der Waals surface area contributed by atoms with E-state index in [0.29, 0.717) is 23.3 Å². The fraction of sp³-hybridized carbons (Fsp3) is 0.286. The Kier molecular flexibility index (Phi) is 7.83. The molecule has 32 heavy (non-hydrogen) atoms. The van der Waals surface area contributed by atoms with Gasteiger partial charge in [-0.15, -0.1) is 10.2 Å². The second-order valence-electron chi connectivity index (χ2n) is 6.68. The molecule has 0 radical (unpaired) electrons. The molecule has 0 saturated carbocycles. The van der Waals surface area contributed by atoms with Crippen molar-refractivity contribution in [3.8, 4) is 5.75 Å². The first kappa shape index (κ1) is 24.1.